The minimum Gasteiger partial charge on any atom is -0.375 e. The standard InChI is InChI=1S/C12H22ClF2N5O/c1-19(2)4-5-20-12(9(13)7-17-20)10(18-16)3-6-21-8-11(14)15/h7,10-11,18H,3-6,8,16H2,1-2H3. The van der Waals surface area contributed by atoms with E-state index in [4.69, 9.17) is 22.2 Å². The van der Waals surface area contributed by atoms with Crippen molar-refractivity contribution >= 4 is 11.6 Å². The number of likely N-dealkylation sites (N-methyl/N-ethyl adjacent to an activating group) is 1. The van der Waals surface area contributed by atoms with Crippen molar-refractivity contribution in [3.63, 3.8) is 0 Å². The number of rotatable bonds is 10. The number of nitrogens with one attached hydrogen (secondary N) is 1. The fourth-order valence-corrected chi connectivity index (χ4v) is 2.14. The van der Waals surface area contributed by atoms with E-state index >= 15 is 0 Å². The molecule has 0 aromatic carbocycles. The highest BCUT2D eigenvalue weighted by Crippen LogP contribution is 2.24. The van der Waals surface area contributed by atoms with Crippen LogP contribution in [0.5, 0.6) is 0 Å². The van der Waals surface area contributed by atoms with E-state index in [1.165, 1.54) is 0 Å². The van der Waals surface area contributed by atoms with Crippen molar-refractivity contribution in [2.75, 3.05) is 33.9 Å². The second kappa shape index (κ2) is 9.26. The van der Waals surface area contributed by atoms with Gasteiger partial charge in [-0.25, -0.2) is 8.78 Å². The van der Waals surface area contributed by atoms with E-state index in [1.54, 1.807) is 10.9 Å². The highest BCUT2D eigenvalue weighted by Gasteiger charge is 2.19. The minimum absolute atomic E-state index is 0.161. The number of halogens is 3. The van der Waals surface area contributed by atoms with Gasteiger partial charge in [-0.3, -0.25) is 16.0 Å². The maximum absolute atomic E-state index is 12.0. The van der Waals surface area contributed by atoms with Crippen molar-refractivity contribution in [2.45, 2.75) is 25.4 Å². The van der Waals surface area contributed by atoms with Crippen LogP contribution in [0.3, 0.4) is 0 Å². The van der Waals surface area contributed by atoms with Crippen LogP contribution in [0, 0.1) is 0 Å². The van der Waals surface area contributed by atoms with E-state index in [0.29, 0.717) is 18.0 Å². The molecule has 0 fully saturated rings. The smallest absolute Gasteiger partial charge is 0.261 e. The summed E-state index contributed by atoms with van der Waals surface area (Å²) in [6.45, 7) is 1.04. The second-order valence-corrected chi connectivity index (χ2v) is 5.29. The van der Waals surface area contributed by atoms with E-state index in [2.05, 4.69) is 10.5 Å². The third-order valence-corrected chi connectivity index (χ3v) is 3.21. The number of hydrogen-bond donors (Lipinski definition) is 2. The number of nitrogens with two attached hydrogens (primary N) is 1. The SMILES string of the molecule is CN(C)CCn1ncc(Cl)c1C(CCOCC(F)F)NN. The number of hydrazine groups is 1. The molecular weight excluding hydrogens is 304 g/mol. The number of hydrogen-bond acceptors (Lipinski definition) is 5. The van der Waals surface area contributed by atoms with Crippen molar-refractivity contribution in [1.82, 2.24) is 20.1 Å². The lowest BCUT2D eigenvalue weighted by atomic mass is 10.1. The van der Waals surface area contributed by atoms with Crippen molar-refractivity contribution in [3.8, 4) is 0 Å². The highest BCUT2D eigenvalue weighted by molar-refractivity contribution is 6.31. The van der Waals surface area contributed by atoms with Crippen LogP contribution in [-0.2, 0) is 11.3 Å². The summed E-state index contributed by atoms with van der Waals surface area (Å²) in [7, 11) is 3.92. The van der Waals surface area contributed by atoms with Gasteiger partial charge in [0.25, 0.3) is 6.43 Å². The summed E-state index contributed by atoms with van der Waals surface area (Å²) in [6, 6.07) is -0.306. The molecule has 3 N–H and O–H groups in total. The van der Waals surface area contributed by atoms with Gasteiger partial charge in [0.05, 0.1) is 29.5 Å². The first-order valence-electron chi connectivity index (χ1n) is 6.63. The van der Waals surface area contributed by atoms with Crippen LogP contribution in [0.2, 0.25) is 5.02 Å². The van der Waals surface area contributed by atoms with Gasteiger partial charge in [0.2, 0.25) is 0 Å². The average molecular weight is 326 g/mol. The lowest BCUT2D eigenvalue weighted by Crippen LogP contribution is -2.32. The summed E-state index contributed by atoms with van der Waals surface area (Å²) in [5.41, 5.74) is 3.37. The molecule has 9 heteroatoms. The van der Waals surface area contributed by atoms with Gasteiger partial charge in [0.15, 0.2) is 0 Å². The molecule has 1 aromatic heterocycles. The predicted molar refractivity (Wildman–Crippen MR) is 77.3 cm³/mol. The van der Waals surface area contributed by atoms with E-state index in [0.717, 1.165) is 12.2 Å². The Morgan fingerprint density at radius 1 is 1.52 bits per heavy atom. The van der Waals surface area contributed by atoms with Crippen LogP contribution < -0.4 is 11.3 Å². The van der Waals surface area contributed by atoms with E-state index in [-0.39, 0.29) is 12.6 Å². The van der Waals surface area contributed by atoms with Gasteiger partial charge in [-0.05, 0) is 20.5 Å². The summed E-state index contributed by atoms with van der Waals surface area (Å²) in [5.74, 6) is 5.54. The van der Waals surface area contributed by atoms with E-state index < -0.39 is 13.0 Å². The molecule has 0 amide bonds. The molecule has 0 aliphatic heterocycles. The first-order chi connectivity index (χ1) is 9.95. The van der Waals surface area contributed by atoms with Crippen LogP contribution >= 0.6 is 11.6 Å². The van der Waals surface area contributed by atoms with Crippen molar-refractivity contribution in [2.24, 2.45) is 5.84 Å². The van der Waals surface area contributed by atoms with Gasteiger partial charge in [-0.2, -0.15) is 5.10 Å². The van der Waals surface area contributed by atoms with E-state index in [1.807, 2.05) is 19.0 Å². The molecule has 1 unspecified atom stereocenters. The normalized spacial score (nSPS) is 13.3. The zero-order chi connectivity index (χ0) is 15.8. The van der Waals surface area contributed by atoms with Gasteiger partial charge in [0.1, 0.15) is 6.61 Å². The first kappa shape index (κ1) is 18.2. The summed E-state index contributed by atoms with van der Waals surface area (Å²) in [6.07, 6.45) is -0.489. The van der Waals surface area contributed by atoms with Crippen molar-refractivity contribution < 1.29 is 13.5 Å². The maximum atomic E-state index is 12.0. The molecule has 0 bridgehead atoms. The van der Waals surface area contributed by atoms with Crippen LogP contribution in [0.15, 0.2) is 6.20 Å². The quantitative estimate of drug-likeness (QED) is 0.385. The van der Waals surface area contributed by atoms with Gasteiger partial charge in [-0.15, -0.1) is 0 Å². The van der Waals surface area contributed by atoms with Crippen LogP contribution in [-0.4, -0.2) is 55.0 Å². The molecule has 1 aromatic rings. The van der Waals surface area contributed by atoms with Crippen LogP contribution in [0.1, 0.15) is 18.2 Å². The summed E-state index contributed by atoms with van der Waals surface area (Å²) in [5, 5.41) is 4.71. The minimum atomic E-state index is -2.47. The number of alkyl halides is 2. The third-order valence-electron chi connectivity index (χ3n) is 2.92. The molecule has 1 atom stereocenters. The van der Waals surface area contributed by atoms with E-state index in [9.17, 15) is 8.78 Å². The fourth-order valence-electron chi connectivity index (χ4n) is 1.86. The summed E-state index contributed by atoms with van der Waals surface area (Å²) >= 11 is 6.14. The second-order valence-electron chi connectivity index (χ2n) is 4.88. The Balaban J connectivity index is 2.64. The Bertz CT molecular complexity index is 416. The zero-order valence-electron chi connectivity index (χ0n) is 12.2. The monoisotopic (exact) mass is 325 g/mol. The third kappa shape index (κ3) is 6.23. The number of nitrogens with zero attached hydrogens (tertiary/aromatic N) is 3. The van der Waals surface area contributed by atoms with Crippen LogP contribution in [0.4, 0.5) is 8.78 Å². The van der Waals surface area contributed by atoms with Gasteiger partial charge in [0, 0.05) is 13.2 Å². The Morgan fingerprint density at radius 3 is 2.81 bits per heavy atom. The molecule has 1 rings (SSSR count). The Labute approximate surface area is 128 Å². The molecule has 0 spiro atoms. The topological polar surface area (TPSA) is 68.3 Å². The maximum Gasteiger partial charge on any atom is 0.261 e. The van der Waals surface area contributed by atoms with Gasteiger partial charge in [-0.1, -0.05) is 11.6 Å². The number of ether oxygens (including phenoxy) is 1. The Hall–Kier alpha value is -0.800. The molecule has 0 aliphatic carbocycles. The molecule has 0 aliphatic rings. The van der Waals surface area contributed by atoms with Crippen LogP contribution in [0.25, 0.3) is 0 Å². The molecule has 0 saturated carbocycles. The Kier molecular flexibility index (Phi) is 8.05. The lowest BCUT2D eigenvalue weighted by Gasteiger charge is -2.19. The first-order valence-corrected chi connectivity index (χ1v) is 7.01. The van der Waals surface area contributed by atoms with Crippen molar-refractivity contribution in [1.29, 1.82) is 0 Å². The summed E-state index contributed by atoms with van der Waals surface area (Å²) in [4.78, 5) is 2.02. The molecular formula is C12H22ClF2N5O. The average Bonchev–Trinajstić information content (AvgIpc) is 2.78. The summed E-state index contributed by atoms with van der Waals surface area (Å²) < 4.78 is 30.7. The van der Waals surface area contributed by atoms with Gasteiger partial charge >= 0.3 is 0 Å². The molecule has 122 valence electrons. The molecule has 21 heavy (non-hydrogen) atoms. The predicted octanol–water partition coefficient (Wildman–Crippen LogP) is 1.27. The zero-order valence-corrected chi connectivity index (χ0v) is 13.0. The van der Waals surface area contributed by atoms with Gasteiger partial charge < -0.3 is 9.64 Å². The fraction of sp³-hybridized carbons (Fsp3) is 0.750. The highest BCUT2D eigenvalue weighted by atomic mass is 35.5. The molecule has 1 heterocycles. The lowest BCUT2D eigenvalue weighted by molar-refractivity contribution is 0.0141. The van der Waals surface area contributed by atoms with Crippen molar-refractivity contribution in [3.05, 3.63) is 16.9 Å². The number of aromatic nitrogens is 2. The Morgan fingerprint density at radius 2 is 2.24 bits per heavy atom. The molecule has 0 saturated heterocycles. The largest absolute Gasteiger partial charge is 0.375 e. The molecule has 0 radical (unpaired) electrons. The molecule has 6 nitrogen and oxygen atoms in total.